The van der Waals surface area contributed by atoms with Crippen LogP contribution in [0.4, 0.5) is 17.2 Å². The van der Waals surface area contributed by atoms with Crippen LogP contribution < -0.4 is 4.90 Å². The molecule has 1 aliphatic heterocycles. The molecule has 4 rings (SSSR count). The van der Waals surface area contributed by atoms with Gasteiger partial charge in [0.2, 0.25) is 0 Å². The van der Waals surface area contributed by atoms with Crippen molar-refractivity contribution in [1.82, 2.24) is 24.9 Å². The van der Waals surface area contributed by atoms with Crippen LogP contribution in [0.5, 0.6) is 0 Å². The van der Waals surface area contributed by atoms with Gasteiger partial charge in [-0.3, -0.25) is 25.0 Å². The monoisotopic (exact) mass is 438 g/mol. The first-order chi connectivity index (χ1) is 15.3. The van der Waals surface area contributed by atoms with Gasteiger partial charge in [-0.25, -0.2) is 4.68 Å². The van der Waals surface area contributed by atoms with Crippen LogP contribution >= 0.6 is 0 Å². The van der Waals surface area contributed by atoms with Crippen molar-refractivity contribution in [1.29, 1.82) is 0 Å². The summed E-state index contributed by atoms with van der Waals surface area (Å²) in [6.07, 6.45) is 1.79. The minimum Gasteiger partial charge on any atom is -0.352 e. The predicted molar refractivity (Wildman–Crippen MR) is 112 cm³/mol. The van der Waals surface area contributed by atoms with E-state index in [0.29, 0.717) is 37.8 Å². The van der Waals surface area contributed by atoms with Crippen molar-refractivity contribution in [2.75, 3.05) is 31.1 Å². The van der Waals surface area contributed by atoms with Crippen molar-refractivity contribution in [3.63, 3.8) is 0 Å². The minimum absolute atomic E-state index is 0.0852. The van der Waals surface area contributed by atoms with Gasteiger partial charge in [-0.15, -0.1) is 10.2 Å². The zero-order valence-corrected chi connectivity index (χ0v) is 17.0. The van der Waals surface area contributed by atoms with Gasteiger partial charge in [0.1, 0.15) is 0 Å². The number of amides is 1. The number of nitro groups is 2. The first-order valence-electron chi connectivity index (χ1n) is 9.66. The Bertz CT molecular complexity index is 1150. The Morgan fingerprint density at radius 2 is 1.50 bits per heavy atom. The highest BCUT2D eigenvalue weighted by molar-refractivity contribution is 5.95. The maximum Gasteiger partial charge on any atom is 0.277 e. The van der Waals surface area contributed by atoms with E-state index < -0.39 is 27.1 Å². The topological polar surface area (TPSA) is 153 Å². The summed E-state index contributed by atoms with van der Waals surface area (Å²) >= 11 is 0. The van der Waals surface area contributed by atoms with E-state index in [1.165, 1.54) is 4.90 Å². The van der Waals surface area contributed by atoms with Crippen LogP contribution in [0.25, 0.3) is 5.82 Å². The van der Waals surface area contributed by atoms with Crippen molar-refractivity contribution in [2.24, 2.45) is 0 Å². The molecule has 0 saturated carbocycles. The van der Waals surface area contributed by atoms with Crippen LogP contribution in [0.2, 0.25) is 0 Å². The summed E-state index contributed by atoms with van der Waals surface area (Å²) < 4.78 is 1.63. The second-order valence-corrected chi connectivity index (χ2v) is 7.18. The van der Waals surface area contributed by atoms with Gasteiger partial charge in [0.05, 0.1) is 27.2 Å². The molecule has 0 unspecified atom stereocenters. The van der Waals surface area contributed by atoms with E-state index in [-0.39, 0.29) is 5.56 Å². The Hall–Kier alpha value is -4.42. The van der Waals surface area contributed by atoms with Crippen LogP contribution in [-0.2, 0) is 0 Å². The second kappa shape index (κ2) is 8.37. The molecule has 13 nitrogen and oxygen atoms in total. The molecule has 3 heterocycles. The first-order valence-corrected chi connectivity index (χ1v) is 9.66. The third kappa shape index (κ3) is 4.21. The molecule has 3 aromatic rings. The molecule has 13 heteroatoms. The lowest BCUT2D eigenvalue weighted by Crippen LogP contribution is -2.49. The van der Waals surface area contributed by atoms with E-state index in [9.17, 15) is 25.0 Å². The maximum absolute atomic E-state index is 12.8. The second-order valence-electron chi connectivity index (χ2n) is 7.18. The number of non-ortho nitro benzene ring substituents is 2. The van der Waals surface area contributed by atoms with Crippen molar-refractivity contribution in [2.45, 2.75) is 6.92 Å². The smallest absolute Gasteiger partial charge is 0.277 e. The molecule has 164 valence electrons. The van der Waals surface area contributed by atoms with Crippen LogP contribution in [0.15, 0.2) is 42.6 Å². The van der Waals surface area contributed by atoms with E-state index in [1.807, 2.05) is 24.0 Å². The van der Waals surface area contributed by atoms with Gasteiger partial charge in [0, 0.05) is 44.5 Å². The van der Waals surface area contributed by atoms with Crippen LogP contribution in [-0.4, -0.2) is 66.8 Å². The largest absolute Gasteiger partial charge is 0.352 e. The Kier molecular flexibility index (Phi) is 5.45. The number of aromatic nitrogens is 4. The van der Waals surface area contributed by atoms with E-state index in [1.54, 1.807) is 16.9 Å². The molecule has 1 aromatic carbocycles. The Morgan fingerprint density at radius 1 is 0.906 bits per heavy atom. The fourth-order valence-corrected chi connectivity index (χ4v) is 3.40. The highest BCUT2D eigenvalue weighted by atomic mass is 16.6. The fourth-order valence-electron chi connectivity index (χ4n) is 3.40. The highest BCUT2D eigenvalue weighted by Gasteiger charge is 2.26. The lowest BCUT2D eigenvalue weighted by atomic mass is 10.1. The number of anilines is 1. The fraction of sp³-hybridized carbons (Fsp3) is 0.263. The first kappa shape index (κ1) is 20.8. The van der Waals surface area contributed by atoms with Gasteiger partial charge in [-0.1, -0.05) is 0 Å². The van der Waals surface area contributed by atoms with Crippen molar-refractivity contribution >= 4 is 23.1 Å². The van der Waals surface area contributed by atoms with Gasteiger partial charge in [-0.05, 0) is 25.1 Å². The summed E-state index contributed by atoms with van der Waals surface area (Å²) in [5, 5.41) is 34.9. The number of aryl methyl sites for hydroxylation is 1. The number of nitrogens with zero attached hydrogens (tertiary/aromatic N) is 8. The molecular weight excluding hydrogens is 420 g/mol. The summed E-state index contributed by atoms with van der Waals surface area (Å²) in [6, 6.07) is 8.44. The number of hydrogen-bond donors (Lipinski definition) is 0. The van der Waals surface area contributed by atoms with Gasteiger partial charge < -0.3 is 9.80 Å². The normalized spacial score (nSPS) is 13.8. The average molecular weight is 438 g/mol. The Labute approximate surface area is 181 Å². The molecule has 0 bridgehead atoms. The van der Waals surface area contributed by atoms with E-state index >= 15 is 0 Å². The lowest BCUT2D eigenvalue weighted by Gasteiger charge is -2.35. The SMILES string of the molecule is Cc1ccn(-c2ccc(N3CCN(C(=O)c4cc([N+](=O)[O-])cc([N+](=O)[O-])c4)CC3)nn2)n1. The van der Waals surface area contributed by atoms with Gasteiger partial charge >= 0.3 is 0 Å². The number of carbonyl (C=O) groups is 1. The van der Waals surface area contributed by atoms with E-state index in [4.69, 9.17) is 0 Å². The summed E-state index contributed by atoms with van der Waals surface area (Å²) in [5.74, 6) is 0.741. The highest BCUT2D eigenvalue weighted by Crippen LogP contribution is 2.24. The third-order valence-corrected chi connectivity index (χ3v) is 5.06. The zero-order valence-electron chi connectivity index (χ0n) is 17.0. The third-order valence-electron chi connectivity index (χ3n) is 5.06. The molecule has 1 aliphatic rings. The molecular formula is C19H18N8O5. The van der Waals surface area contributed by atoms with Crippen molar-refractivity contribution in [3.05, 3.63) is 74.1 Å². The molecule has 0 atom stereocenters. The summed E-state index contributed by atoms with van der Waals surface area (Å²) in [4.78, 5) is 36.9. The average Bonchev–Trinajstić information content (AvgIpc) is 3.24. The van der Waals surface area contributed by atoms with Crippen molar-refractivity contribution in [3.8, 4) is 5.82 Å². The molecule has 1 saturated heterocycles. The molecule has 1 amide bonds. The number of piperazine rings is 1. The molecule has 0 spiro atoms. The summed E-state index contributed by atoms with van der Waals surface area (Å²) in [6.45, 7) is 3.48. The zero-order chi connectivity index (χ0) is 22.8. The minimum atomic E-state index is -0.755. The number of carbonyl (C=O) groups excluding carboxylic acids is 1. The van der Waals surface area contributed by atoms with E-state index in [0.717, 1.165) is 23.9 Å². The maximum atomic E-state index is 12.8. The quantitative estimate of drug-likeness (QED) is 0.428. The summed E-state index contributed by atoms with van der Waals surface area (Å²) in [7, 11) is 0. The Morgan fingerprint density at radius 3 is 2.00 bits per heavy atom. The van der Waals surface area contributed by atoms with Gasteiger partial charge in [-0.2, -0.15) is 5.10 Å². The number of hydrogen-bond acceptors (Lipinski definition) is 9. The predicted octanol–water partition coefficient (Wildman–Crippen LogP) is 1.75. The molecule has 32 heavy (non-hydrogen) atoms. The number of rotatable bonds is 5. The summed E-state index contributed by atoms with van der Waals surface area (Å²) in [5.41, 5.74) is -0.211. The number of nitro benzene ring substituents is 2. The molecule has 2 aromatic heterocycles. The van der Waals surface area contributed by atoms with Gasteiger partial charge in [0.15, 0.2) is 11.6 Å². The van der Waals surface area contributed by atoms with Crippen LogP contribution in [0, 0.1) is 27.2 Å². The standard InChI is InChI=1S/C19H18N8O5/c1-13-4-5-25(22-13)18-3-2-17(20-21-18)23-6-8-24(9-7-23)19(28)14-10-15(26(29)30)12-16(11-14)27(31)32/h2-5,10-12H,6-9H2,1H3. The van der Waals surface area contributed by atoms with Crippen LogP contribution in [0.3, 0.4) is 0 Å². The Balaban J connectivity index is 1.44. The lowest BCUT2D eigenvalue weighted by molar-refractivity contribution is -0.394. The molecule has 0 N–H and O–H groups in total. The van der Waals surface area contributed by atoms with Crippen molar-refractivity contribution < 1.29 is 14.6 Å². The van der Waals surface area contributed by atoms with Crippen LogP contribution in [0.1, 0.15) is 16.1 Å². The van der Waals surface area contributed by atoms with Gasteiger partial charge in [0.25, 0.3) is 17.3 Å². The molecule has 0 radical (unpaired) electrons. The molecule has 1 fully saturated rings. The van der Waals surface area contributed by atoms with E-state index in [2.05, 4.69) is 15.3 Å². The number of benzene rings is 1. The molecule has 0 aliphatic carbocycles.